The van der Waals surface area contributed by atoms with Crippen molar-refractivity contribution in [3.63, 3.8) is 0 Å². The smallest absolute Gasteiger partial charge is 0.223 e. The molecular weight excluding hydrogens is 288 g/mol. The first-order chi connectivity index (χ1) is 10.2. The minimum Gasteiger partial charge on any atom is -0.369 e. The third-order valence-corrected chi connectivity index (χ3v) is 4.61. The van der Waals surface area contributed by atoms with Crippen LogP contribution in [0.25, 0.3) is 0 Å². The first-order valence-electron chi connectivity index (χ1n) is 7.23. The third kappa shape index (κ3) is 3.87. The number of likely N-dealkylation sites (tertiary alicyclic amines) is 1. The molecule has 7 heteroatoms. The Kier molecular flexibility index (Phi) is 4.62. The van der Waals surface area contributed by atoms with Gasteiger partial charge in [0.15, 0.2) is 5.82 Å². The zero-order chi connectivity index (χ0) is 14.7. The fourth-order valence-electron chi connectivity index (χ4n) is 2.57. The fraction of sp³-hybridized carbons (Fsp3) is 0.643. The number of aryl methyl sites for hydroxylation is 2. The Bertz CT molecular complexity index is 583. The van der Waals surface area contributed by atoms with E-state index in [4.69, 9.17) is 9.26 Å². The topological polar surface area (TPSA) is 64.3 Å². The van der Waals surface area contributed by atoms with Crippen LogP contribution in [0.1, 0.15) is 35.1 Å². The van der Waals surface area contributed by atoms with Crippen molar-refractivity contribution in [2.24, 2.45) is 0 Å². The van der Waals surface area contributed by atoms with Crippen LogP contribution in [0.5, 0.6) is 0 Å². The van der Waals surface area contributed by atoms with Crippen molar-refractivity contribution < 1.29 is 9.26 Å². The molecule has 0 bridgehead atoms. The fourth-order valence-corrected chi connectivity index (χ4v) is 3.38. The normalized spacial score (nSPS) is 20.0. The molecule has 1 aliphatic heterocycles. The summed E-state index contributed by atoms with van der Waals surface area (Å²) in [5.41, 5.74) is 3.06. The van der Waals surface area contributed by atoms with Crippen molar-refractivity contribution >= 4 is 11.3 Å². The van der Waals surface area contributed by atoms with Crippen LogP contribution in [-0.4, -0.2) is 39.2 Å². The lowest BCUT2D eigenvalue weighted by molar-refractivity contribution is -0.0149. The Balaban J connectivity index is 1.50. The molecule has 2 aromatic heterocycles. The molecule has 6 nitrogen and oxygen atoms in total. The van der Waals surface area contributed by atoms with Crippen LogP contribution in [0, 0.1) is 13.8 Å². The van der Waals surface area contributed by atoms with Crippen LogP contribution in [0.2, 0.25) is 0 Å². The molecule has 0 aliphatic carbocycles. The van der Waals surface area contributed by atoms with Gasteiger partial charge >= 0.3 is 0 Å². The molecule has 3 heterocycles. The molecular formula is C14H20N4O2S. The third-order valence-electron chi connectivity index (χ3n) is 3.69. The van der Waals surface area contributed by atoms with Crippen molar-refractivity contribution in [1.82, 2.24) is 20.0 Å². The van der Waals surface area contributed by atoms with E-state index in [0.29, 0.717) is 18.3 Å². The molecule has 0 spiro atoms. The molecule has 2 aromatic rings. The van der Waals surface area contributed by atoms with Crippen LogP contribution in [0.4, 0.5) is 0 Å². The van der Waals surface area contributed by atoms with Crippen LogP contribution in [0.3, 0.4) is 0 Å². The highest BCUT2D eigenvalue weighted by Gasteiger charge is 2.22. The Morgan fingerprint density at radius 3 is 3.10 bits per heavy atom. The van der Waals surface area contributed by atoms with E-state index < -0.39 is 0 Å². The molecule has 0 aromatic carbocycles. The van der Waals surface area contributed by atoms with Crippen molar-refractivity contribution in [3.8, 4) is 0 Å². The van der Waals surface area contributed by atoms with Crippen LogP contribution >= 0.6 is 11.3 Å². The van der Waals surface area contributed by atoms with Gasteiger partial charge in [0, 0.05) is 24.9 Å². The molecule has 114 valence electrons. The Hall–Kier alpha value is -1.31. The number of hydrogen-bond acceptors (Lipinski definition) is 7. The van der Waals surface area contributed by atoms with Gasteiger partial charge in [0.1, 0.15) is 6.61 Å². The first-order valence-corrected chi connectivity index (χ1v) is 8.11. The molecule has 1 unspecified atom stereocenters. The average Bonchev–Trinajstić information content (AvgIpc) is 3.07. The van der Waals surface area contributed by atoms with Crippen molar-refractivity contribution in [2.75, 3.05) is 13.1 Å². The number of ether oxygens (including phenoxy) is 1. The van der Waals surface area contributed by atoms with Gasteiger partial charge in [-0.25, -0.2) is 4.98 Å². The van der Waals surface area contributed by atoms with Crippen LogP contribution in [-0.2, 0) is 17.9 Å². The maximum absolute atomic E-state index is 5.92. The van der Waals surface area contributed by atoms with Gasteiger partial charge in [-0.1, -0.05) is 5.16 Å². The summed E-state index contributed by atoms with van der Waals surface area (Å²) in [4.78, 5) is 12.3. The Labute approximate surface area is 128 Å². The van der Waals surface area contributed by atoms with Gasteiger partial charge in [-0.3, -0.25) is 4.90 Å². The maximum atomic E-state index is 5.92. The van der Waals surface area contributed by atoms with Gasteiger partial charge in [0.2, 0.25) is 5.89 Å². The predicted molar refractivity (Wildman–Crippen MR) is 79.0 cm³/mol. The monoisotopic (exact) mass is 308 g/mol. The largest absolute Gasteiger partial charge is 0.369 e. The second kappa shape index (κ2) is 6.64. The van der Waals surface area contributed by atoms with Gasteiger partial charge < -0.3 is 9.26 Å². The number of rotatable bonds is 5. The van der Waals surface area contributed by atoms with E-state index in [1.54, 1.807) is 18.3 Å². The van der Waals surface area contributed by atoms with Gasteiger partial charge in [-0.15, -0.1) is 11.3 Å². The van der Waals surface area contributed by atoms with E-state index in [-0.39, 0.29) is 6.10 Å². The number of aromatic nitrogens is 3. The van der Waals surface area contributed by atoms with E-state index in [9.17, 15) is 0 Å². The molecule has 0 saturated carbocycles. The predicted octanol–water partition coefficient (Wildman–Crippen LogP) is 2.32. The van der Waals surface area contributed by atoms with Gasteiger partial charge in [-0.05, 0) is 26.3 Å². The summed E-state index contributed by atoms with van der Waals surface area (Å²) in [6.07, 6.45) is 2.49. The quantitative estimate of drug-likeness (QED) is 0.844. The molecule has 0 amide bonds. The molecule has 1 aliphatic rings. The minimum absolute atomic E-state index is 0.241. The van der Waals surface area contributed by atoms with Crippen molar-refractivity contribution in [3.05, 3.63) is 27.8 Å². The summed E-state index contributed by atoms with van der Waals surface area (Å²) < 4.78 is 10.9. The zero-order valence-corrected chi connectivity index (χ0v) is 13.2. The highest BCUT2D eigenvalue weighted by Crippen LogP contribution is 2.20. The number of piperidine rings is 1. The van der Waals surface area contributed by atoms with Gasteiger partial charge in [-0.2, -0.15) is 4.98 Å². The molecule has 21 heavy (non-hydrogen) atoms. The highest BCUT2D eigenvalue weighted by atomic mass is 32.1. The van der Waals surface area contributed by atoms with E-state index in [1.165, 1.54) is 4.88 Å². The summed E-state index contributed by atoms with van der Waals surface area (Å²) in [6, 6.07) is 0. The molecule has 0 radical (unpaired) electrons. The lowest BCUT2D eigenvalue weighted by atomic mass is 10.1. The molecule has 1 atom stereocenters. The van der Waals surface area contributed by atoms with E-state index in [0.717, 1.165) is 38.2 Å². The van der Waals surface area contributed by atoms with Crippen molar-refractivity contribution in [2.45, 2.75) is 45.9 Å². The summed E-state index contributed by atoms with van der Waals surface area (Å²) >= 11 is 1.73. The van der Waals surface area contributed by atoms with Gasteiger partial charge in [0.25, 0.3) is 0 Å². The summed E-state index contributed by atoms with van der Waals surface area (Å²) in [5, 5.41) is 3.86. The first kappa shape index (κ1) is 14.6. The van der Waals surface area contributed by atoms with Crippen LogP contribution < -0.4 is 0 Å². The number of thiazole rings is 1. The zero-order valence-electron chi connectivity index (χ0n) is 12.4. The molecule has 0 N–H and O–H groups in total. The minimum atomic E-state index is 0.241. The summed E-state index contributed by atoms with van der Waals surface area (Å²) in [6.45, 7) is 7.33. The van der Waals surface area contributed by atoms with Crippen molar-refractivity contribution in [1.29, 1.82) is 0 Å². The second-order valence-electron chi connectivity index (χ2n) is 5.40. The second-order valence-corrected chi connectivity index (χ2v) is 6.34. The van der Waals surface area contributed by atoms with Crippen LogP contribution in [0.15, 0.2) is 10.0 Å². The molecule has 3 rings (SSSR count). The molecule has 1 fully saturated rings. The maximum Gasteiger partial charge on any atom is 0.223 e. The van der Waals surface area contributed by atoms with E-state index >= 15 is 0 Å². The Morgan fingerprint density at radius 2 is 2.38 bits per heavy atom. The van der Waals surface area contributed by atoms with Gasteiger partial charge in [0.05, 0.1) is 17.3 Å². The standard InChI is InChI=1S/C14H20N4O2S/c1-10-13(21-9-15-10)7-18-5-3-4-12(6-18)19-8-14-16-11(2)20-17-14/h9,12H,3-8H2,1-2H3. The average molecular weight is 308 g/mol. The Morgan fingerprint density at radius 1 is 1.48 bits per heavy atom. The number of hydrogen-bond donors (Lipinski definition) is 0. The summed E-state index contributed by atoms with van der Waals surface area (Å²) in [7, 11) is 0. The van der Waals surface area contributed by atoms with E-state index in [1.807, 2.05) is 5.51 Å². The highest BCUT2D eigenvalue weighted by molar-refractivity contribution is 7.09. The number of nitrogens with zero attached hydrogens (tertiary/aromatic N) is 4. The SMILES string of the molecule is Cc1nc(COC2CCCN(Cc3scnc3C)C2)no1. The van der Waals surface area contributed by atoms with E-state index in [2.05, 4.69) is 26.9 Å². The lowest BCUT2D eigenvalue weighted by Crippen LogP contribution is -2.39. The molecule has 1 saturated heterocycles. The lowest BCUT2D eigenvalue weighted by Gasteiger charge is -2.32. The summed E-state index contributed by atoms with van der Waals surface area (Å²) in [5.74, 6) is 1.21.